The lowest BCUT2D eigenvalue weighted by atomic mass is 9.84. The zero-order valence-electron chi connectivity index (χ0n) is 16.6. The number of aromatic nitrogens is 1. The molecular weight excluding hydrogens is 344 g/mol. The highest BCUT2D eigenvalue weighted by Crippen LogP contribution is 2.56. The summed E-state index contributed by atoms with van der Waals surface area (Å²) in [6, 6.07) is 8.21. The van der Waals surface area contributed by atoms with Gasteiger partial charge in [-0.15, -0.1) is 0 Å². The van der Waals surface area contributed by atoms with Crippen molar-refractivity contribution >= 4 is 22.4 Å². The van der Waals surface area contributed by atoms with Crippen molar-refractivity contribution in [3.05, 3.63) is 72.0 Å². The van der Waals surface area contributed by atoms with E-state index in [9.17, 15) is 4.79 Å². The van der Waals surface area contributed by atoms with Crippen LogP contribution < -0.4 is 5.32 Å². The molecule has 1 spiro atoms. The van der Waals surface area contributed by atoms with Gasteiger partial charge in [0.2, 0.25) is 0 Å². The van der Waals surface area contributed by atoms with E-state index in [1.807, 2.05) is 24.3 Å². The fraction of sp³-hybridized carbons (Fsp3) is 0.360. The quantitative estimate of drug-likeness (QED) is 0.648. The number of amides is 1. The average molecular weight is 373 g/mol. The zero-order valence-corrected chi connectivity index (χ0v) is 16.6. The Labute approximate surface area is 167 Å². The lowest BCUT2D eigenvalue weighted by molar-refractivity contribution is 0.0957. The normalized spacial score (nSPS) is 17.7. The summed E-state index contributed by atoms with van der Waals surface area (Å²) in [5.41, 5.74) is 5.73. The molecule has 2 aliphatic rings. The third-order valence-corrected chi connectivity index (χ3v) is 6.05. The summed E-state index contributed by atoms with van der Waals surface area (Å²) in [5, 5.41) is 3.94. The minimum atomic E-state index is -0.113. The van der Waals surface area contributed by atoms with Crippen LogP contribution in [-0.2, 0) is 0 Å². The molecule has 0 radical (unpaired) electrons. The van der Waals surface area contributed by atoms with Crippen molar-refractivity contribution in [2.75, 3.05) is 6.54 Å². The van der Waals surface area contributed by atoms with Gasteiger partial charge < -0.3 is 5.32 Å². The Hall–Kier alpha value is -2.68. The summed E-state index contributed by atoms with van der Waals surface area (Å²) in [7, 11) is 0. The molecule has 3 heteroatoms. The Morgan fingerprint density at radius 1 is 1.32 bits per heavy atom. The molecule has 2 aliphatic carbocycles. The van der Waals surface area contributed by atoms with Crippen LogP contribution in [0.3, 0.4) is 0 Å². The van der Waals surface area contributed by atoms with Crippen LogP contribution in [0.25, 0.3) is 16.5 Å². The summed E-state index contributed by atoms with van der Waals surface area (Å²) in [5.74, 6) is -0.113. The molecule has 1 aromatic carbocycles. The monoisotopic (exact) mass is 372 g/mol. The van der Waals surface area contributed by atoms with Gasteiger partial charge in [-0.25, -0.2) is 0 Å². The van der Waals surface area contributed by atoms with Gasteiger partial charge in [-0.1, -0.05) is 49.9 Å². The Bertz CT molecular complexity index is 979. The fourth-order valence-electron chi connectivity index (χ4n) is 4.00. The maximum atomic E-state index is 12.5. The van der Waals surface area contributed by atoms with E-state index >= 15 is 0 Å². The Balaban J connectivity index is 1.52. The number of nitrogens with zero attached hydrogens (tertiary/aromatic N) is 1. The molecule has 2 aromatic rings. The molecule has 0 unspecified atom stereocenters. The average Bonchev–Trinajstić information content (AvgIpc) is 3.49. The van der Waals surface area contributed by atoms with Crippen LogP contribution in [0.1, 0.15) is 61.4 Å². The SMILES string of the molecule is C=C(/C=C\CC)CNC(=O)c1cnc2c(C3=CCC4(CC3)CC4)cccc2c1. The number of benzene rings is 1. The van der Waals surface area contributed by atoms with Gasteiger partial charge in [0.1, 0.15) is 0 Å². The van der Waals surface area contributed by atoms with Crippen molar-refractivity contribution in [3.63, 3.8) is 0 Å². The number of rotatable bonds is 6. The van der Waals surface area contributed by atoms with Gasteiger partial charge in [0.05, 0.1) is 11.1 Å². The summed E-state index contributed by atoms with van der Waals surface area (Å²) in [6.45, 7) is 6.48. The topological polar surface area (TPSA) is 42.0 Å². The highest BCUT2D eigenvalue weighted by molar-refractivity contribution is 5.99. The van der Waals surface area contributed by atoms with Gasteiger partial charge in [-0.05, 0) is 61.2 Å². The Kier molecular flexibility index (Phi) is 5.17. The van der Waals surface area contributed by atoms with Gasteiger partial charge >= 0.3 is 0 Å². The fourth-order valence-corrected chi connectivity index (χ4v) is 4.00. The maximum absolute atomic E-state index is 12.5. The standard InChI is InChI=1S/C25H28N2O/c1-3-4-6-18(2)16-27-24(28)21-15-20-7-5-8-22(23(20)26-17-21)19-9-11-25(12-10-19)13-14-25/h4-9,15,17H,2-3,10-14,16H2,1H3,(H,27,28)/b6-4-. The Morgan fingerprint density at radius 2 is 2.18 bits per heavy atom. The molecule has 1 aromatic heterocycles. The van der Waals surface area contributed by atoms with E-state index in [1.165, 1.54) is 36.8 Å². The third kappa shape index (κ3) is 3.94. The molecular formula is C25H28N2O. The molecule has 1 N–H and O–H groups in total. The van der Waals surface area contributed by atoms with E-state index in [0.29, 0.717) is 17.5 Å². The van der Waals surface area contributed by atoms with Crippen molar-refractivity contribution < 1.29 is 4.79 Å². The van der Waals surface area contributed by atoms with Gasteiger partial charge in [0, 0.05) is 23.7 Å². The first-order valence-electron chi connectivity index (χ1n) is 10.3. The number of pyridine rings is 1. The second kappa shape index (κ2) is 7.75. The number of hydrogen-bond acceptors (Lipinski definition) is 2. The smallest absolute Gasteiger partial charge is 0.253 e. The third-order valence-electron chi connectivity index (χ3n) is 6.05. The van der Waals surface area contributed by atoms with E-state index < -0.39 is 0 Å². The number of nitrogens with one attached hydrogen (secondary N) is 1. The first-order chi connectivity index (χ1) is 13.6. The highest BCUT2D eigenvalue weighted by atomic mass is 16.1. The predicted octanol–water partition coefficient (Wildman–Crippen LogP) is 5.83. The van der Waals surface area contributed by atoms with E-state index in [4.69, 9.17) is 0 Å². The highest BCUT2D eigenvalue weighted by Gasteiger charge is 2.42. The molecule has 0 saturated heterocycles. The molecule has 4 rings (SSSR count). The molecule has 1 saturated carbocycles. The number of allylic oxidation sites excluding steroid dienone is 3. The van der Waals surface area contributed by atoms with Gasteiger partial charge in [-0.2, -0.15) is 0 Å². The van der Waals surface area contributed by atoms with Crippen molar-refractivity contribution in [3.8, 4) is 0 Å². The van der Waals surface area contributed by atoms with Gasteiger partial charge in [0.25, 0.3) is 5.91 Å². The van der Waals surface area contributed by atoms with Crippen molar-refractivity contribution in [2.45, 2.75) is 45.4 Å². The molecule has 144 valence electrons. The minimum absolute atomic E-state index is 0.113. The van der Waals surface area contributed by atoms with Crippen LogP contribution in [-0.4, -0.2) is 17.4 Å². The van der Waals surface area contributed by atoms with Crippen LogP contribution in [0.4, 0.5) is 0 Å². The molecule has 1 heterocycles. The largest absolute Gasteiger partial charge is 0.348 e. The van der Waals surface area contributed by atoms with E-state index in [1.54, 1.807) is 6.20 Å². The molecule has 28 heavy (non-hydrogen) atoms. The summed E-state index contributed by atoms with van der Waals surface area (Å²) in [4.78, 5) is 17.2. The molecule has 3 nitrogen and oxygen atoms in total. The first kappa shape index (κ1) is 18.7. The zero-order chi connectivity index (χ0) is 19.6. The number of hydrogen-bond donors (Lipinski definition) is 1. The summed E-state index contributed by atoms with van der Waals surface area (Å²) in [6.07, 6.45) is 15.5. The first-order valence-corrected chi connectivity index (χ1v) is 10.3. The van der Waals surface area contributed by atoms with Crippen molar-refractivity contribution in [1.29, 1.82) is 0 Å². The molecule has 1 fully saturated rings. The number of carbonyl (C=O) groups excluding carboxylic acids is 1. The number of para-hydroxylation sites is 1. The lowest BCUT2D eigenvalue weighted by Crippen LogP contribution is -2.25. The van der Waals surface area contributed by atoms with Crippen molar-refractivity contribution in [2.24, 2.45) is 5.41 Å². The van der Waals surface area contributed by atoms with Crippen LogP contribution in [0.5, 0.6) is 0 Å². The van der Waals surface area contributed by atoms with Gasteiger partial charge in [0.15, 0.2) is 0 Å². The second-order valence-corrected chi connectivity index (χ2v) is 8.19. The molecule has 0 bridgehead atoms. The number of carbonyl (C=O) groups is 1. The minimum Gasteiger partial charge on any atom is -0.348 e. The van der Waals surface area contributed by atoms with Crippen LogP contribution in [0.15, 0.2) is 60.8 Å². The predicted molar refractivity (Wildman–Crippen MR) is 116 cm³/mol. The molecule has 0 aliphatic heterocycles. The van der Waals surface area contributed by atoms with E-state index in [2.05, 4.69) is 42.0 Å². The van der Waals surface area contributed by atoms with Crippen LogP contribution >= 0.6 is 0 Å². The van der Waals surface area contributed by atoms with E-state index in [0.717, 1.165) is 29.3 Å². The lowest BCUT2D eigenvalue weighted by Gasteiger charge is -2.21. The van der Waals surface area contributed by atoms with Gasteiger partial charge in [-0.3, -0.25) is 9.78 Å². The second-order valence-electron chi connectivity index (χ2n) is 8.19. The Morgan fingerprint density at radius 3 is 2.89 bits per heavy atom. The van der Waals surface area contributed by atoms with E-state index in [-0.39, 0.29) is 5.91 Å². The van der Waals surface area contributed by atoms with Crippen molar-refractivity contribution in [1.82, 2.24) is 10.3 Å². The van der Waals surface area contributed by atoms with Crippen LogP contribution in [0.2, 0.25) is 0 Å². The molecule has 0 atom stereocenters. The number of fused-ring (bicyclic) bond motifs is 1. The molecule has 1 amide bonds. The van der Waals surface area contributed by atoms with Crippen LogP contribution in [0, 0.1) is 5.41 Å². The maximum Gasteiger partial charge on any atom is 0.253 e. The summed E-state index contributed by atoms with van der Waals surface area (Å²) >= 11 is 0. The summed E-state index contributed by atoms with van der Waals surface area (Å²) < 4.78 is 0.